The number of fused-ring (bicyclic) bond motifs is 1. The smallest absolute Gasteiger partial charge is 0.407 e. The highest BCUT2D eigenvalue weighted by Crippen LogP contribution is 2.30. The molecule has 2 N–H and O–H groups in total. The van der Waals surface area contributed by atoms with Crippen molar-refractivity contribution in [2.45, 2.75) is 26.1 Å². The van der Waals surface area contributed by atoms with Crippen LogP contribution in [0.4, 0.5) is 10.5 Å². The summed E-state index contributed by atoms with van der Waals surface area (Å²) in [6.07, 6.45) is -0.314. The minimum Gasteiger partial charge on any atom is -0.479 e. The number of alkyl carbamates (subject to hydrolysis) is 1. The van der Waals surface area contributed by atoms with E-state index >= 15 is 0 Å². The summed E-state index contributed by atoms with van der Waals surface area (Å²) < 4.78 is 10.7. The molecule has 6 heteroatoms. The minimum atomic E-state index is -0.487. The van der Waals surface area contributed by atoms with E-state index in [1.165, 1.54) is 0 Å². The molecule has 1 heterocycles. The monoisotopic (exact) mass is 340 g/mol. The van der Waals surface area contributed by atoms with Gasteiger partial charge in [0.2, 0.25) is 0 Å². The third kappa shape index (κ3) is 4.50. The first kappa shape index (κ1) is 16.8. The number of carbonyl (C=O) groups excluding carboxylic acids is 2. The molecule has 2 amide bonds. The maximum atomic E-state index is 11.7. The number of rotatable bonds is 5. The molecule has 0 aliphatic carbocycles. The molecule has 1 unspecified atom stereocenters. The van der Waals surface area contributed by atoms with Crippen molar-refractivity contribution in [3.8, 4) is 5.75 Å². The number of nitrogens with one attached hydrogen (secondary N) is 2. The van der Waals surface area contributed by atoms with Crippen LogP contribution >= 0.6 is 0 Å². The molecule has 25 heavy (non-hydrogen) atoms. The van der Waals surface area contributed by atoms with E-state index in [0.29, 0.717) is 24.4 Å². The Hall–Kier alpha value is -3.02. The zero-order valence-electron chi connectivity index (χ0n) is 14.0. The van der Waals surface area contributed by atoms with Gasteiger partial charge in [0, 0.05) is 6.54 Å². The lowest BCUT2D eigenvalue weighted by molar-refractivity contribution is -0.122. The van der Waals surface area contributed by atoms with Crippen molar-refractivity contribution in [2.24, 2.45) is 0 Å². The van der Waals surface area contributed by atoms with E-state index in [1.54, 1.807) is 6.92 Å². The molecule has 0 bridgehead atoms. The van der Waals surface area contributed by atoms with Gasteiger partial charge in [-0.05, 0) is 36.6 Å². The number of carbonyl (C=O) groups is 2. The number of ether oxygens (including phenoxy) is 2. The van der Waals surface area contributed by atoms with Crippen molar-refractivity contribution in [3.05, 3.63) is 59.7 Å². The van der Waals surface area contributed by atoms with Crippen LogP contribution in [-0.2, 0) is 22.6 Å². The Morgan fingerprint density at radius 3 is 2.80 bits per heavy atom. The summed E-state index contributed by atoms with van der Waals surface area (Å²) in [5.41, 5.74) is 2.59. The molecule has 3 rings (SSSR count). The topological polar surface area (TPSA) is 76.7 Å². The Morgan fingerprint density at radius 2 is 2.00 bits per heavy atom. The normalized spacial score (nSPS) is 15.6. The fraction of sp³-hybridized carbons (Fsp3) is 0.263. The van der Waals surface area contributed by atoms with Crippen LogP contribution in [0.2, 0.25) is 0 Å². The van der Waals surface area contributed by atoms with Gasteiger partial charge >= 0.3 is 6.09 Å². The van der Waals surface area contributed by atoms with Gasteiger partial charge in [0.05, 0.1) is 5.69 Å². The summed E-state index contributed by atoms with van der Waals surface area (Å²) in [6, 6.07) is 15.1. The number of amides is 2. The van der Waals surface area contributed by atoms with Gasteiger partial charge in [-0.1, -0.05) is 36.4 Å². The Labute approximate surface area is 146 Å². The second-order valence-corrected chi connectivity index (χ2v) is 5.82. The maximum Gasteiger partial charge on any atom is 0.407 e. The van der Waals surface area contributed by atoms with Crippen LogP contribution in [0.25, 0.3) is 0 Å². The van der Waals surface area contributed by atoms with Crippen LogP contribution in [0, 0.1) is 0 Å². The van der Waals surface area contributed by atoms with E-state index in [1.807, 2.05) is 48.5 Å². The quantitative estimate of drug-likeness (QED) is 0.877. The van der Waals surface area contributed by atoms with Crippen LogP contribution in [0.15, 0.2) is 48.5 Å². The van der Waals surface area contributed by atoms with Gasteiger partial charge in [0.25, 0.3) is 5.91 Å². The lowest BCUT2D eigenvalue weighted by Crippen LogP contribution is -2.34. The SMILES string of the molecule is CC1Oc2ccc(CCNC(=O)OCc3ccccc3)cc2NC1=O. The summed E-state index contributed by atoms with van der Waals surface area (Å²) in [7, 11) is 0. The lowest BCUT2D eigenvalue weighted by atomic mass is 10.1. The predicted molar refractivity (Wildman–Crippen MR) is 93.5 cm³/mol. The Bertz CT molecular complexity index is 761. The molecule has 0 aromatic heterocycles. The molecule has 1 aliphatic rings. The molecule has 0 spiro atoms. The van der Waals surface area contributed by atoms with Crippen LogP contribution in [-0.4, -0.2) is 24.6 Å². The predicted octanol–water partition coefficient (Wildman–Crippen LogP) is 2.87. The minimum absolute atomic E-state index is 0.160. The number of benzene rings is 2. The van der Waals surface area contributed by atoms with Gasteiger partial charge in [-0.3, -0.25) is 4.79 Å². The van der Waals surface area contributed by atoms with Crippen molar-refractivity contribution in [2.75, 3.05) is 11.9 Å². The fourth-order valence-electron chi connectivity index (χ4n) is 2.49. The summed E-state index contributed by atoms with van der Waals surface area (Å²) in [6.45, 7) is 2.39. The highest BCUT2D eigenvalue weighted by molar-refractivity contribution is 5.97. The average molecular weight is 340 g/mol. The molecular formula is C19H20N2O4. The first-order valence-electron chi connectivity index (χ1n) is 8.17. The van der Waals surface area contributed by atoms with Gasteiger partial charge in [-0.15, -0.1) is 0 Å². The molecular weight excluding hydrogens is 320 g/mol. The van der Waals surface area contributed by atoms with Crippen LogP contribution in [0.1, 0.15) is 18.1 Å². The summed E-state index contributed by atoms with van der Waals surface area (Å²) in [4.78, 5) is 23.4. The van der Waals surface area contributed by atoms with Crippen molar-refractivity contribution >= 4 is 17.7 Å². The maximum absolute atomic E-state index is 11.7. The first-order valence-corrected chi connectivity index (χ1v) is 8.17. The van der Waals surface area contributed by atoms with Crippen molar-refractivity contribution in [3.63, 3.8) is 0 Å². The van der Waals surface area contributed by atoms with Crippen molar-refractivity contribution in [1.29, 1.82) is 0 Å². The van der Waals surface area contributed by atoms with Gasteiger partial charge in [0.1, 0.15) is 12.4 Å². The molecule has 0 fully saturated rings. The van der Waals surface area contributed by atoms with Crippen LogP contribution < -0.4 is 15.4 Å². The standard InChI is InChI=1S/C19H20N2O4/c1-13-18(22)21-16-11-14(7-8-17(16)25-13)9-10-20-19(23)24-12-15-5-3-2-4-6-15/h2-8,11,13H,9-10,12H2,1H3,(H,20,23)(H,21,22). The van der Waals surface area contributed by atoms with E-state index in [-0.39, 0.29) is 12.5 Å². The third-order valence-corrected chi connectivity index (χ3v) is 3.87. The third-order valence-electron chi connectivity index (χ3n) is 3.87. The second kappa shape index (κ2) is 7.70. The molecule has 130 valence electrons. The first-order chi connectivity index (χ1) is 12.1. The zero-order chi connectivity index (χ0) is 17.6. The fourth-order valence-corrected chi connectivity index (χ4v) is 2.49. The Balaban J connectivity index is 1.45. The lowest BCUT2D eigenvalue weighted by Gasteiger charge is -2.23. The molecule has 2 aromatic rings. The molecule has 0 saturated heterocycles. The van der Waals surface area contributed by atoms with Crippen LogP contribution in [0.5, 0.6) is 5.75 Å². The van der Waals surface area contributed by atoms with Gasteiger partial charge < -0.3 is 20.1 Å². The highest BCUT2D eigenvalue weighted by atomic mass is 16.5. The summed E-state index contributed by atoms with van der Waals surface area (Å²) >= 11 is 0. The number of anilines is 1. The van der Waals surface area contributed by atoms with Gasteiger partial charge in [-0.25, -0.2) is 4.79 Å². The summed E-state index contributed by atoms with van der Waals surface area (Å²) in [5, 5.41) is 5.53. The number of hydrogen-bond acceptors (Lipinski definition) is 4. The molecule has 2 aromatic carbocycles. The molecule has 1 atom stereocenters. The molecule has 6 nitrogen and oxygen atoms in total. The highest BCUT2D eigenvalue weighted by Gasteiger charge is 2.23. The number of hydrogen-bond donors (Lipinski definition) is 2. The second-order valence-electron chi connectivity index (χ2n) is 5.82. The van der Waals surface area contributed by atoms with E-state index in [4.69, 9.17) is 9.47 Å². The van der Waals surface area contributed by atoms with E-state index in [0.717, 1.165) is 11.1 Å². The Morgan fingerprint density at radius 1 is 1.20 bits per heavy atom. The molecule has 1 aliphatic heterocycles. The average Bonchev–Trinajstić information content (AvgIpc) is 2.62. The van der Waals surface area contributed by atoms with Gasteiger partial charge in [-0.2, -0.15) is 0 Å². The van der Waals surface area contributed by atoms with E-state index in [9.17, 15) is 9.59 Å². The molecule has 0 saturated carbocycles. The largest absolute Gasteiger partial charge is 0.479 e. The zero-order valence-corrected chi connectivity index (χ0v) is 14.0. The van der Waals surface area contributed by atoms with Crippen molar-refractivity contribution in [1.82, 2.24) is 5.32 Å². The Kier molecular flexibility index (Phi) is 5.18. The van der Waals surface area contributed by atoms with Gasteiger partial charge in [0.15, 0.2) is 6.10 Å². The summed E-state index contributed by atoms with van der Waals surface area (Å²) in [5.74, 6) is 0.498. The van der Waals surface area contributed by atoms with Crippen molar-refractivity contribution < 1.29 is 19.1 Å². The van der Waals surface area contributed by atoms with E-state index < -0.39 is 12.2 Å². The van der Waals surface area contributed by atoms with E-state index in [2.05, 4.69) is 10.6 Å². The van der Waals surface area contributed by atoms with Crippen LogP contribution in [0.3, 0.4) is 0 Å². The molecule has 0 radical (unpaired) electrons.